The zero-order chi connectivity index (χ0) is 12.1. The second-order valence-corrected chi connectivity index (χ2v) is 4.06. The minimum atomic E-state index is 0.0831. The Kier molecular flexibility index (Phi) is 4.35. The molecule has 0 spiro atoms. The van der Waals surface area contributed by atoms with Crippen LogP contribution in [0.25, 0.3) is 0 Å². The Balaban J connectivity index is 2.64. The van der Waals surface area contributed by atoms with Crippen molar-refractivity contribution in [3.63, 3.8) is 0 Å². The molecule has 1 aromatic carbocycles. The van der Waals surface area contributed by atoms with Crippen LogP contribution in [0.5, 0.6) is 11.5 Å². The highest BCUT2D eigenvalue weighted by atomic mass is 16.5. The van der Waals surface area contributed by atoms with Gasteiger partial charge in [-0.2, -0.15) is 0 Å². The maximum atomic E-state index is 11.1. The van der Waals surface area contributed by atoms with Gasteiger partial charge in [0.1, 0.15) is 5.78 Å². The van der Waals surface area contributed by atoms with Gasteiger partial charge < -0.3 is 9.84 Å². The fourth-order valence-corrected chi connectivity index (χ4v) is 1.46. The first-order chi connectivity index (χ1) is 7.54. The van der Waals surface area contributed by atoms with E-state index in [0.29, 0.717) is 5.75 Å². The van der Waals surface area contributed by atoms with Crippen LogP contribution >= 0.6 is 0 Å². The van der Waals surface area contributed by atoms with Gasteiger partial charge in [0.05, 0.1) is 7.11 Å². The van der Waals surface area contributed by atoms with Crippen molar-refractivity contribution in [2.45, 2.75) is 26.7 Å². The van der Waals surface area contributed by atoms with Gasteiger partial charge in [-0.15, -0.1) is 0 Å². The quantitative estimate of drug-likeness (QED) is 0.832. The molecule has 3 nitrogen and oxygen atoms in total. The van der Waals surface area contributed by atoms with Gasteiger partial charge in [0.15, 0.2) is 11.5 Å². The van der Waals surface area contributed by atoms with Crippen molar-refractivity contribution in [1.29, 1.82) is 0 Å². The Morgan fingerprint density at radius 3 is 2.75 bits per heavy atom. The van der Waals surface area contributed by atoms with Crippen molar-refractivity contribution in [2.75, 3.05) is 7.11 Å². The van der Waals surface area contributed by atoms with E-state index in [1.54, 1.807) is 13.0 Å². The van der Waals surface area contributed by atoms with Gasteiger partial charge in [0, 0.05) is 5.92 Å². The summed E-state index contributed by atoms with van der Waals surface area (Å²) in [4.78, 5) is 11.1. The molecule has 16 heavy (non-hydrogen) atoms. The number of aromatic hydroxyl groups is 1. The lowest BCUT2D eigenvalue weighted by Crippen LogP contribution is -2.07. The molecule has 0 aromatic heterocycles. The highest BCUT2D eigenvalue weighted by Gasteiger charge is 2.08. The third kappa shape index (κ3) is 3.26. The number of hydrogen-bond donors (Lipinski definition) is 1. The summed E-state index contributed by atoms with van der Waals surface area (Å²) in [5.74, 6) is 0.921. The average molecular weight is 222 g/mol. The van der Waals surface area contributed by atoms with Crippen molar-refractivity contribution < 1.29 is 14.6 Å². The van der Waals surface area contributed by atoms with Crippen LogP contribution in [0.3, 0.4) is 0 Å². The zero-order valence-electron chi connectivity index (χ0n) is 9.99. The van der Waals surface area contributed by atoms with Gasteiger partial charge in [0.2, 0.25) is 0 Å². The minimum Gasteiger partial charge on any atom is -0.504 e. The Morgan fingerprint density at radius 2 is 2.19 bits per heavy atom. The van der Waals surface area contributed by atoms with E-state index in [1.807, 2.05) is 19.1 Å². The number of ketones is 1. The monoisotopic (exact) mass is 222 g/mol. The van der Waals surface area contributed by atoms with Crippen LogP contribution in [0.2, 0.25) is 0 Å². The highest BCUT2D eigenvalue weighted by Crippen LogP contribution is 2.27. The van der Waals surface area contributed by atoms with E-state index in [9.17, 15) is 9.90 Å². The molecule has 0 heterocycles. The third-order valence-electron chi connectivity index (χ3n) is 2.80. The van der Waals surface area contributed by atoms with Crippen molar-refractivity contribution in [3.8, 4) is 11.5 Å². The lowest BCUT2D eigenvalue weighted by molar-refractivity contribution is -0.120. The van der Waals surface area contributed by atoms with E-state index in [2.05, 4.69) is 0 Å². The normalized spacial score (nSPS) is 12.2. The number of carbonyl (C=O) groups is 1. The van der Waals surface area contributed by atoms with Crippen molar-refractivity contribution >= 4 is 5.78 Å². The van der Waals surface area contributed by atoms with Gasteiger partial charge in [-0.05, 0) is 37.5 Å². The Morgan fingerprint density at radius 1 is 1.50 bits per heavy atom. The fraction of sp³-hybridized carbons (Fsp3) is 0.462. The fourth-order valence-electron chi connectivity index (χ4n) is 1.46. The van der Waals surface area contributed by atoms with E-state index in [-0.39, 0.29) is 17.5 Å². The molecule has 0 saturated carbocycles. The van der Waals surface area contributed by atoms with E-state index in [4.69, 9.17) is 4.74 Å². The average Bonchev–Trinajstić information content (AvgIpc) is 2.27. The first-order valence-electron chi connectivity index (χ1n) is 5.41. The van der Waals surface area contributed by atoms with Crippen molar-refractivity contribution in [2.24, 2.45) is 5.92 Å². The summed E-state index contributed by atoms with van der Waals surface area (Å²) in [6, 6.07) is 5.28. The van der Waals surface area contributed by atoms with Gasteiger partial charge in [-0.3, -0.25) is 4.79 Å². The van der Waals surface area contributed by atoms with Crippen molar-refractivity contribution in [1.82, 2.24) is 0 Å². The van der Waals surface area contributed by atoms with Gasteiger partial charge in [-0.25, -0.2) is 0 Å². The molecule has 0 amide bonds. The van der Waals surface area contributed by atoms with Crippen LogP contribution in [0.15, 0.2) is 18.2 Å². The number of benzene rings is 1. The number of ether oxygens (including phenoxy) is 1. The molecule has 0 saturated heterocycles. The molecule has 1 atom stereocenters. The lowest BCUT2D eigenvalue weighted by Gasteiger charge is -2.09. The van der Waals surface area contributed by atoms with Crippen LogP contribution in [0.1, 0.15) is 25.8 Å². The predicted molar refractivity (Wildman–Crippen MR) is 62.8 cm³/mol. The Bertz CT molecular complexity index is 371. The smallest absolute Gasteiger partial charge is 0.160 e. The number of phenolic OH excluding ortho intramolecular Hbond substituents is 1. The third-order valence-corrected chi connectivity index (χ3v) is 2.80. The molecule has 3 heteroatoms. The summed E-state index contributed by atoms with van der Waals surface area (Å²) in [6.45, 7) is 3.54. The Labute approximate surface area is 96.1 Å². The first-order valence-corrected chi connectivity index (χ1v) is 5.41. The van der Waals surface area contributed by atoms with Crippen LogP contribution in [-0.2, 0) is 11.2 Å². The molecule has 88 valence electrons. The highest BCUT2D eigenvalue weighted by molar-refractivity contribution is 5.77. The summed E-state index contributed by atoms with van der Waals surface area (Å²) in [6.07, 6.45) is 1.64. The zero-order valence-corrected chi connectivity index (χ0v) is 9.99. The minimum absolute atomic E-state index is 0.0831. The number of Topliss-reactive ketones (excluding diaryl/α,β-unsaturated/α-hetero) is 1. The summed E-state index contributed by atoms with van der Waals surface area (Å²) in [5.41, 5.74) is 1.07. The van der Waals surface area contributed by atoms with Gasteiger partial charge in [-0.1, -0.05) is 13.0 Å². The number of aryl methyl sites for hydroxylation is 1. The predicted octanol–water partition coefficient (Wildman–Crippen LogP) is 2.56. The van der Waals surface area contributed by atoms with Crippen LogP contribution in [-0.4, -0.2) is 18.0 Å². The number of rotatable bonds is 5. The first kappa shape index (κ1) is 12.6. The maximum absolute atomic E-state index is 11.1. The molecule has 1 N–H and O–H groups in total. The molecule has 0 bridgehead atoms. The summed E-state index contributed by atoms with van der Waals surface area (Å²) < 4.78 is 5.02. The lowest BCUT2D eigenvalue weighted by atomic mass is 9.98. The molecule has 0 radical (unpaired) electrons. The molecular weight excluding hydrogens is 204 g/mol. The number of hydrogen-bond acceptors (Lipinski definition) is 3. The molecule has 0 aliphatic heterocycles. The summed E-state index contributed by atoms with van der Waals surface area (Å²) in [5, 5.41) is 9.42. The molecule has 0 aliphatic carbocycles. The topological polar surface area (TPSA) is 46.5 Å². The molecule has 1 rings (SSSR count). The van der Waals surface area contributed by atoms with E-state index < -0.39 is 0 Å². The maximum Gasteiger partial charge on any atom is 0.160 e. The number of phenols is 1. The molecule has 0 fully saturated rings. The Hall–Kier alpha value is -1.51. The van der Waals surface area contributed by atoms with Gasteiger partial charge in [0.25, 0.3) is 0 Å². The van der Waals surface area contributed by atoms with Crippen LogP contribution in [0.4, 0.5) is 0 Å². The largest absolute Gasteiger partial charge is 0.504 e. The molecule has 1 aromatic rings. The number of carbonyl (C=O) groups excluding carboxylic acids is 1. The second kappa shape index (κ2) is 5.54. The van der Waals surface area contributed by atoms with Crippen LogP contribution < -0.4 is 4.74 Å². The van der Waals surface area contributed by atoms with Crippen molar-refractivity contribution in [3.05, 3.63) is 23.8 Å². The molecule has 0 unspecified atom stereocenters. The second-order valence-electron chi connectivity index (χ2n) is 4.06. The standard InChI is InChI=1S/C13H18O3/c1-9(10(2)14)4-5-11-6-7-12(15)13(8-11)16-3/h6-9,15H,4-5H2,1-3H3/t9-/m0/s1. The summed E-state index contributed by atoms with van der Waals surface area (Å²) >= 11 is 0. The summed E-state index contributed by atoms with van der Waals surface area (Å²) in [7, 11) is 1.52. The van der Waals surface area contributed by atoms with Crippen LogP contribution in [0, 0.1) is 5.92 Å². The SMILES string of the molecule is COc1cc(CC[C@H](C)C(C)=O)ccc1O. The molecular formula is C13H18O3. The number of methoxy groups -OCH3 is 1. The van der Waals surface area contributed by atoms with E-state index in [1.165, 1.54) is 7.11 Å². The van der Waals surface area contributed by atoms with E-state index in [0.717, 1.165) is 18.4 Å². The van der Waals surface area contributed by atoms with Gasteiger partial charge >= 0.3 is 0 Å². The van der Waals surface area contributed by atoms with E-state index >= 15 is 0 Å². The molecule has 0 aliphatic rings.